The fourth-order valence-corrected chi connectivity index (χ4v) is 4.06. The summed E-state index contributed by atoms with van der Waals surface area (Å²) in [4.78, 5) is 9.92. The van der Waals surface area contributed by atoms with Gasteiger partial charge in [-0.3, -0.25) is 0 Å². The van der Waals surface area contributed by atoms with Crippen molar-refractivity contribution < 1.29 is 0 Å². The maximum atomic E-state index is 6.40. The van der Waals surface area contributed by atoms with E-state index in [2.05, 4.69) is 41.2 Å². The number of thiophene rings is 1. The van der Waals surface area contributed by atoms with E-state index in [4.69, 9.17) is 11.5 Å². The SMILES string of the molecule is Cc1ccc2sc(-c3cc(C(N)C(N)c4ccccc4)ncn3)cc2c1. The van der Waals surface area contributed by atoms with Gasteiger partial charge in [0.15, 0.2) is 0 Å². The average Bonchev–Trinajstić information content (AvgIpc) is 3.11. The first-order valence-electron chi connectivity index (χ1n) is 8.50. The van der Waals surface area contributed by atoms with Crippen LogP contribution in [-0.2, 0) is 0 Å². The van der Waals surface area contributed by atoms with E-state index in [1.165, 1.54) is 15.6 Å². The Bertz CT molecular complexity index is 1040. The largest absolute Gasteiger partial charge is 0.322 e. The zero-order valence-electron chi connectivity index (χ0n) is 14.5. The molecule has 4 nitrogen and oxygen atoms in total. The molecule has 0 spiro atoms. The fourth-order valence-electron chi connectivity index (χ4n) is 3.04. The van der Waals surface area contributed by atoms with Crippen LogP contribution < -0.4 is 11.5 Å². The minimum atomic E-state index is -0.393. The summed E-state index contributed by atoms with van der Waals surface area (Å²) in [5.41, 5.74) is 16.6. The second-order valence-electron chi connectivity index (χ2n) is 6.44. The Kier molecular flexibility index (Phi) is 4.51. The Labute approximate surface area is 156 Å². The zero-order chi connectivity index (χ0) is 18.1. The van der Waals surface area contributed by atoms with Gasteiger partial charge in [0.25, 0.3) is 0 Å². The van der Waals surface area contributed by atoms with Gasteiger partial charge < -0.3 is 11.5 Å². The van der Waals surface area contributed by atoms with E-state index in [1.807, 2.05) is 36.4 Å². The number of fused-ring (bicyclic) bond motifs is 1. The molecule has 4 N–H and O–H groups in total. The summed E-state index contributed by atoms with van der Waals surface area (Å²) in [7, 11) is 0. The van der Waals surface area contributed by atoms with Gasteiger partial charge >= 0.3 is 0 Å². The van der Waals surface area contributed by atoms with Crippen LogP contribution in [0, 0.1) is 6.92 Å². The monoisotopic (exact) mass is 360 g/mol. The number of nitrogens with two attached hydrogens (primary N) is 2. The second-order valence-corrected chi connectivity index (χ2v) is 7.53. The van der Waals surface area contributed by atoms with Crippen molar-refractivity contribution in [3.05, 3.63) is 83.8 Å². The number of rotatable bonds is 4. The number of benzene rings is 2. The number of aryl methyl sites for hydroxylation is 1. The molecule has 2 aromatic carbocycles. The standard InChI is InChI=1S/C21H20N4S/c1-13-7-8-18-15(9-13)10-19(26-18)16-11-17(25-12-24-16)21(23)20(22)14-5-3-2-4-6-14/h2-12,20-21H,22-23H2,1H3. The summed E-state index contributed by atoms with van der Waals surface area (Å²) in [5.74, 6) is 0. The molecule has 0 saturated heterocycles. The minimum absolute atomic E-state index is 0.316. The topological polar surface area (TPSA) is 77.8 Å². The van der Waals surface area contributed by atoms with Gasteiger partial charge in [-0.1, -0.05) is 48.0 Å². The van der Waals surface area contributed by atoms with Crippen LogP contribution in [0.15, 0.2) is 67.0 Å². The number of hydrogen-bond acceptors (Lipinski definition) is 5. The fraction of sp³-hybridized carbons (Fsp3) is 0.143. The molecule has 4 aromatic rings. The predicted octanol–water partition coefficient (Wildman–Crippen LogP) is 4.37. The van der Waals surface area contributed by atoms with E-state index >= 15 is 0 Å². The number of aromatic nitrogens is 2. The Balaban J connectivity index is 1.67. The van der Waals surface area contributed by atoms with Gasteiger partial charge in [0.05, 0.1) is 28.3 Å². The van der Waals surface area contributed by atoms with Crippen molar-refractivity contribution in [2.75, 3.05) is 0 Å². The Morgan fingerprint density at radius 2 is 1.69 bits per heavy atom. The summed E-state index contributed by atoms with van der Waals surface area (Å²) >= 11 is 1.72. The van der Waals surface area contributed by atoms with Crippen LogP contribution in [0.2, 0.25) is 0 Å². The molecule has 0 aliphatic carbocycles. The van der Waals surface area contributed by atoms with Crippen molar-refractivity contribution in [2.45, 2.75) is 19.0 Å². The molecule has 2 atom stereocenters. The quantitative estimate of drug-likeness (QED) is 0.566. The Morgan fingerprint density at radius 1 is 0.885 bits per heavy atom. The second kappa shape index (κ2) is 6.96. The zero-order valence-corrected chi connectivity index (χ0v) is 15.3. The van der Waals surface area contributed by atoms with E-state index in [1.54, 1.807) is 17.7 Å². The van der Waals surface area contributed by atoms with Gasteiger partial charge in [0.1, 0.15) is 6.33 Å². The van der Waals surface area contributed by atoms with Gasteiger partial charge in [-0.05, 0) is 36.1 Å². The molecule has 0 radical (unpaired) electrons. The molecule has 2 heterocycles. The molecule has 0 amide bonds. The van der Waals surface area contributed by atoms with Crippen LogP contribution in [0.4, 0.5) is 0 Å². The average molecular weight is 360 g/mol. The molecule has 2 aromatic heterocycles. The molecule has 0 aliphatic rings. The van der Waals surface area contributed by atoms with E-state index < -0.39 is 6.04 Å². The van der Waals surface area contributed by atoms with Crippen molar-refractivity contribution in [3.63, 3.8) is 0 Å². The van der Waals surface area contributed by atoms with Gasteiger partial charge in [-0.15, -0.1) is 11.3 Å². The van der Waals surface area contributed by atoms with Crippen molar-refractivity contribution in [3.8, 4) is 10.6 Å². The highest BCUT2D eigenvalue weighted by atomic mass is 32.1. The molecule has 4 rings (SSSR count). The van der Waals surface area contributed by atoms with E-state index in [0.717, 1.165) is 21.8 Å². The van der Waals surface area contributed by atoms with Crippen molar-refractivity contribution in [2.24, 2.45) is 11.5 Å². The lowest BCUT2D eigenvalue weighted by Crippen LogP contribution is -2.27. The molecule has 0 fully saturated rings. The van der Waals surface area contributed by atoms with Gasteiger partial charge in [-0.25, -0.2) is 9.97 Å². The van der Waals surface area contributed by atoms with Crippen molar-refractivity contribution in [1.82, 2.24) is 9.97 Å². The highest BCUT2D eigenvalue weighted by Gasteiger charge is 2.19. The van der Waals surface area contributed by atoms with Gasteiger partial charge in [0.2, 0.25) is 0 Å². The molecule has 0 saturated carbocycles. The van der Waals surface area contributed by atoms with E-state index in [-0.39, 0.29) is 6.04 Å². The summed E-state index contributed by atoms with van der Waals surface area (Å²) in [6, 6.07) is 19.7. The maximum absolute atomic E-state index is 6.40. The molecule has 5 heteroatoms. The summed E-state index contributed by atoms with van der Waals surface area (Å²) in [6.07, 6.45) is 1.57. The molecular formula is C21H20N4S. The third kappa shape index (κ3) is 3.24. The lowest BCUT2D eigenvalue weighted by molar-refractivity contribution is 0.560. The first kappa shape index (κ1) is 16.8. The van der Waals surface area contributed by atoms with Crippen molar-refractivity contribution in [1.29, 1.82) is 0 Å². The first-order valence-corrected chi connectivity index (χ1v) is 9.32. The van der Waals surface area contributed by atoms with Crippen LogP contribution in [-0.4, -0.2) is 9.97 Å². The van der Waals surface area contributed by atoms with Crippen LogP contribution in [0.1, 0.15) is 28.9 Å². The molecule has 130 valence electrons. The van der Waals surface area contributed by atoms with Crippen molar-refractivity contribution >= 4 is 21.4 Å². The van der Waals surface area contributed by atoms with E-state index in [9.17, 15) is 0 Å². The summed E-state index contributed by atoms with van der Waals surface area (Å²) < 4.78 is 1.25. The molecular weight excluding hydrogens is 340 g/mol. The minimum Gasteiger partial charge on any atom is -0.322 e. The van der Waals surface area contributed by atoms with Gasteiger partial charge in [0, 0.05) is 4.70 Å². The normalized spacial score (nSPS) is 13.7. The Hall–Kier alpha value is -2.60. The first-order chi connectivity index (χ1) is 12.6. The molecule has 26 heavy (non-hydrogen) atoms. The smallest absolute Gasteiger partial charge is 0.116 e. The summed E-state index contributed by atoms with van der Waals surface area (Å²) in [5, 5.41) is 1.23. The highest BCUT2D eigenvalue weighted by Crippen LogP contribution is 2.34. The highest BCUT2D eigenvalue weighted by molar-refractivity contribution is 7.22. The molecule has 2 unspecified atom stereocenters. The van der Waals surface area contributed by atoms with Crippen LogP contribution >= 0.6 is 11.3 Å². The third-order valence-corrected chi connectivity index (χ3v) is 5.66. The lowest BCUT2D eigenvalue weighted by atomic mass is 9.98. The van der Waals surface area contributed by atoms with Crippen LogP contribution in [0.3, 0.4) is 0 Å². The molecule has 0 aliphatic heterocycles. The van der Waals surface area contributed by atoms with Gasteiger partial charge in [-0.2, -0.15) is 0 Å². The third-order valence-electron chi connectivity index (χ3n) is 4.53. The summed E-state index contributed by atoms with van der Waals surface area (Å²) in [6.45, 7) is 2.10. The van der Waals surface area contributed by atoms with E-state index in [0.29, 0.717) is 0 Å². The lowest BCUT2D eigenvalue weighted by Gasteiger charge is -2.20. The molecule has 0 bridgehead atoms. The predicted molar refractivity (Wildman–Crippen MR) is 108 cm³/mol. The van der Waals surface area contributed by atoms with Crippen LogP contribution in [0.25, 0.3) is 20.7 Å². The van der Waals surface area contributed by atoms with Crippen LogP contribution in [0.5, 0.6) is 0 Å². The Morgan fingerprint density at radius 3 is 2.50 bits per heavy atom. The number of hydrogen-bond donors (Lipinski definition) is 2. The number of nitrogens with zero attached hydrogens (tertiary/aromatic N) is 2. The maximum Gasteiger partial charge on any atom is 0.116 e.